The van der Waals surface area contributed by atoms with Crippen molar-refractivity contribution in [1.82, 2.24) is 19.8 Å². The number of hydrogen-bond acceptors (Lipinski definition) is 6. The average Bonchev–Trinajstić information content (AvgIpc) is 3.05. The van der Waals surface area contributed by atoms with Crippen molar-refractivity contribution in [3.05, 3.63) is 30.1 Å². The molecule has 0 aliphatic carbocycles. The molecule has 0 unspecified atom stereocenters. The molecule has 22 heavy (non-hydrogen) atoms. The lowest BCUT2D eigenvalue weighted by Crippen LogP contribution is -2.08. The third kappa shape index (κ3) is 3.25. The molecule has 0 bridgehead atoms. The van der Waals surface area contributed by atoms with Crippen LogP contribution in [0.15, 0.2) is 24.3 Å². The van der Waals surface area contributed by atoms with Crippen LogP contribution >= 0.6 is 23.1 Å². The molecule has 0 atom stereocenters. The first-order valence-corrected chi connectivity index (χ1v) is 8.76. The highest BCUT2D eigenvalue weighted by Crippen LogP contribution is 2.30. The van der Waals surface area contributed by atoms with E-state index in [4.69, 9.17) is 4.74 Å². The molecule has 0 saturated carbocycles. The molecule has 3 rings (SSSR count). The van der Waals surface area contributed by atoms with Crippen LogP contribution in [0.25, 0.3) is 15.5 Å². The summed E-state index contributed by atoms with van der Waals surface area (Å²) in [4.78, 5) is 0.829. The molecule has 0 spiro atoms. The Morgan fingerprint density at radius 2 is 1.91 bits per heavy atom. The zero-order chi connectivity index (χ0) is 15.7. The predicted molar refractivity (Wildman–Crippen MR) is 91.7 cm³/mol. The number of aromatic nitrogens is 4. The first kappa shape index (κ1) is 15.3. The number of benzene rings is 1. The lowest BCUT2D eigenvalue weighted by Gasteiger charge is -2.16. The summed E-state index contributed by atoms with van der Waals surface area (Å²) in [6, 6.07) is 7.89. The molecule has 0 aliphatic heterocycles. The SMILES string of the molecule is COc1ccc(-c2nn3c(CSC(C)(C)C)nnc3s2)cc1. The van der Waals surface area contributed by atoms with Crippen molar-refractivity contribution in [3.63, 3.8) is 0 Å². The Morgan fingerprint density at radius 1 is 1.18 bits per heavy atom. The minimum Gasteiger partial charge on any atom is -0.497 e. The second-order valence-electron chi connectivity index (χ2n) is 5.85. The van der Waals surface area contributed by atoms with Crippen LogP contribution in [-0.2, 0) is 5.75 Å². The molecular formula is C15H18N4OS2. The van der Waals surface area contributed by atoms with E-state index in [1.54, 1.807) is 18.4 Å². The van der Waals surface area contributed by atoms with Gasteiger partial charge in [-0.15, -0.1) is 22.0 Å². The molecule has 2 heterocycles. The lowest BCUT2D eigenvalue weighted by molar-refractivity contribution is 0.415. The standard InChI is InChI=1S/C15H18N4OS2/c1-15(2,3)21-9-12-16-17-14-19(12)18-13(22-14)10-5-7-11(20-4)8-6-10/h5-8H,9H2,1-4H3. The van der Waals surface area contributed by atoms with Gasteiger partial charge < -0.3 is 4.74 Å². The largest absolute Gasteiger partial charge is 0.497 e. The summed E-state index contributed by atoms with van der Waals surface area (Å²) in [6.45, 7) is 6.58. The van der Waals surface area contributed by atoms with Crippen molar-refractivity contribution < 1.29 is 4.74 Å². The van der Waals surface area contributed by atoms with Gasteiger partial charge in [-0.25, -0.2) is 0 Å². The Bertz CT molecular complexity index is 771. The maximum Gasteiger partial charge on any atom is 0.235 e. The Morgan fingerprint density at radius 3 is 2.55 bits per heavy atom. The number of fused-ring (bicyclic) bond motifs is 1. The second-order valence-corrected chi connectivity index (χ2v) is 8.61. The fourth-order valence-corrected chi connectivity index (χ4v) is 3.48. The number of nitrogens with zero attached hydrogens (tertiary/aromatic N) is 4. The first-order chi connectivity index (χ1) is 10.5. The van der Waals surface area contributed by atoms with E-state index in [1.807, 2.05) is 40.5 Å². The van der Waals surface area contributed by atoms with Crippen molar-refractivity contribution in [1.29, 1.82) is 0 Å². The average molecular weight is 334 g/mol. The molecule has 0 saturated heterocycles. The highest BCUT2D eigenvalue weighted by Gasteiger charge is 2.16. The third-order valence-corrected chi connectivity index (χ3v) is 5.24. The fraction of sp³-hybridized carbons (Fsp3) is 0.400. The molecule has 0 N–H and O–H groups in total. The summed E-state index contributed by atoms with van der Waals surface area (Å²) in [7, 11) is 1.66. The normalized spacial score (nSPS) is 12.0. The van der Waals surface area contributed by atoms with Gasteiger partial charge in [-0.3, -0.25) is 0 Å². The molecule has 7 heteroatoms. The van der Waals surface area contributed by atoms with E-state index in [-0.39, 0.29) is 4.75 Å². The topological polar surface area (TPSA) is 52.3 Å². The number of ether oxygens (including phenoxy) is 1. The zero-order valence-corrected chi connectivity index (χ0v) is 14.7. The summed E-state index contributed by atoms with van der Waals surface area (Å²) < 4.78 is 7.23. The van der Waals surface area contributed by atoms with Crippen LogP contribution in [0, 0.1) is 0 Å². The van der Waals surface area contributed by atoms with E-state index in [0.717, 1.165) is 32.9 Å². The summed E-state index contributed by atoms with van der Waals surface area (Å²) in [5, 5.41) is 14.1. The van der Waals surface area contributed by atoms with E-state index < -0.39 is 0 Å². The summed E-state index contributed by atoms with van der Waals surface area (Å²) in [6.07, 6.45) is 0. The van der Waals surface area contributed by atoms with E-state index in [1.165, 1.54) is 0 Å². The van der Waals surface area contributed by atoms with Gasteiger partial charge >= 0.3 is 0 Å². The van der Waals surface area contributed by atoms with Crippen LogP contribution in [-0.4, -0.2) is 31.7 Å². The molecule has 0 aliphatic rings. The van der Waals surface area contributed by atoms with Crippen molar-refractivity contribution in [2.75, 3.05) is 7.11 Å². The minimum atomic E-state index is 0.195. The van der Waals surface area contributed by atoms with E-state index in [9.17, 15) is 0 Å². The molecular weight excluding hydrogens is 316 g/mol. The van der Waals surface area contributed by atoms with E-state index in [0.29, 0.717) is 0 Å². The van der Waals surface area contributed by atoms with Gasteiger partial charge in [0.2, 0.25) is 4.96 Å². The number of rotatable bonds is 4. The summed E-state index contributed by atoms with van der Waals surface area (Å²) in [5.41, 5.74) is 1.06. The fourth-order valence-electron chi connectivity index (χ4n) is 1.88. The second kappa shape index (κ2) is 5.89. The third-order valence-electron chi connectivity index (χ3n) is 3.03. The van der Waals surface area contributed by atoms with Crippen LogP contribution in [0.5, 0.6) is 5.75 Å². The van der Waals surface area contributed by atoms with Crippen LogP contribution in [0.2, 0.25) is 0 Å². The van der Waals surface area contributed by atoms with Gasteiger partial charge in [-0.1, -0.05) is 32.1 Å². The van der Waals surface area contributed by atoms with Gasteiger partial charge in [0, 0.05) is 10.3 Å². The van der Waals surface area contributed by atoms with E-state index >= 15 is 0 Å². The molecule has 3 aromatic rings. The number of thioether (sulfide) groups is 1. The van der Waals surface area contributed by atoms with Crippen LogP contribution in [0.1, 0.15) is 26.6 Å². The van der Waals surface area contributed by atoms with Gasteiger partial charge in [0.15, 0.2) is 5.82 Å². The monoisotopic (exact) mass is 334 g/mol. The van der Waals surface area contributed by atoms with Gasteiger partial charge in [0.05, 0.1) is 12.9 Å². The van der Waals surface area contributed by atoms with Crippen molar-refractivity contribution >= 4 is 28.1 Å². The quantitative estimate of drug-likeness (QED) is 0.724. The molecule has 0 amide bonds. The van der Waals surface area contributed by atoms with Crippen molar-refractivity contribution in [2.45, 2.75) is 31.3 Å². The smallest absolute Gasteiger partial charge is 0.235 e. The maximum absolute atomic E-state index is 5.18. The Balaban J connectivity index is 1.88. The number of hydrogen-bond donors (Lipinski definition) is 0. The van der Waals surface area contributed by atoms with Gasteiger partial charge in [-0.05, 0) is 24.3 Å². The molecule has 1 aromatic carbocycles. The van der Waals surface area contributed by atoms with Gasteiger partial charge in [0.1, 0.15) is 10.8 Å². The van der Waals surface area contributed by atoms with Crippen LogP contribution in [0.3, 0.4) is 0 Å². The Kier molecular flexibility index (Phi) is 4.10. The van der Waals surface area contributed by atoms with Gasteiger partial charge in [-0.2, -0.15) is 9.61 Å². The predicted octanol–water partition coefficient (Wildman–Crippen LogP) is 3.89. The van der Waals surface area contributed by atoms with Crippen LogP contribution < -0.4 is 4.74 Å². The highest BCUT2D eigenvalue weighted by atomic mass is 32.2. The molecule has 2 aromatic heterocycles. The summed E-state index contributed by atoms with van der Waals surface area (Å²) in [5.74, 6) is 2.54. The lowest BCUT2D eigenvalue weighted by atomic mass is 10.2. The molecule has 0 radical (unpaired) electrons. The summed E-state index contributed by atoms with van der Waals surface area (Å²) >= 11 is 3.39. The molecule has 0 fully saturated rings. The highest BCUT2D eigenvalue weighted by molar-refractivity contribution is 7.99. The first-order valence-electron chi connectivity index (χ1n) is 6.96. The maximum atomic E-state index is 5.18. The Hall–Kier alpha value is -1.60. The van der Waals surface area contributed by atoms with E-state index in [2.05, 4.69) is 36.1 Å². The molecule has 116 valence electrons. The van der Waals surface area contributed by atoms with Crippen molar-refractivity contribution in [3.8, 4) is 16.3 Å². The molecule has 5 nitrogen and oxygen atoms in total. The number of methoxy groups -OCH3 is 1. The zero-order valence-electron chi connectivity index (χ0n) is 13.0. The minimum absolute atomic E-state index is 0.195. The van der Waals surface area contributed by atoms with Crippen LogP contribution in [0.4, 0.5) is 0 Å². The Labute approximate surface area is 137 Å². The van der Waals surface area contributed by atoms with Crippen molar-refractivity contribution in [2.24, 2.45) is 0 Å². The van der Waals surface area contributed by atoms with Gasteiger partial charge in [0.25, 0.3) is 0 Å².